The molecule has 1 heterocycles. The molecule has 0 aliphatic rings. The van der Waals surface area contributed by atoms with E-state index in [-0.39, 0.29) is 6.04 Å². The summed E-state index contributed by atoms with van der Waals surface area (Å²) in [6, 6.07) is 7.50. The second-order valence-corrected chi connectivity index (χ2v) is 5.28. The Labute approximate surface area is 131 Å². The maximum absolute atomic E-state index is 5.88. The number of aryl methyl sites for hydroxylation is 1. The average Bonchev–Trinajstić information content (AvgIpc) is 2.97. The van der Waals surface area contributed by atoms with Crippen molar-refractivity contribution in [1.82, 2.24) is 14.9 Å². The van der Waals surface area contributed by atoms with Gasteiger partial charge in [-0.3, -0.25) is 0 Å². The fourth-order valence-corrected chi connectivity index (χ4v) is 2.28. The van der Waals surface area contributed by atoms with Crippen LogP contribution in [0.5, 0.6) is 5.75 Å². The minimum Gasteiger partial charge on any atom is -0.491 e. The molecule has 0 spiro atoms. The molecule has 0 saturated heterocycles. The van der Waals surface area contributed by atoms with Gasteiger partial charge in [-0.15, -0.1) is 0 Å². The molecule has 0 radical (unpaired) electrons. The zero-order valence-electron chi connectivity index (χ0n) is 12.6. The Bertz CT molecular complexity index is 539. The van der Waals surface area contributed by atoms with Gasteiger partial charge in [0.2, 0.25) is 0 Å². The molecule has 0 aliphatic heterocycles. The first-order chi connectivity index (χ1) is 10.2. The molecule has 1 aromatic carbocycles. The lowest BCUT2D eigenvalue weighted by atomic mass is 10.2. The lowest BCUT2D eigenvalue weighted by Gasteiger charge is -2.19. The third-order valence-corrected chi connectivity index (χ3v) is 3.52. The van der Waals surface area contributed by atoms with E-state index in [9.17, 15) is 0 Å². The number of ether oxygens (including phenoxy) is 1. The topological polar surface area (TPSA) is 39.1 Å². The molecule has 2 rings (SSSR count). The zero-order chi connectivity index (χ0) is 15.1. The van der Waals surface area contributed by atoms with Gasteiger partial charge in [-0.25, -0.2) is 4.98 Å². The Balaban J connectivity index is 2.04. The van der Waals surface area contributed by atoms with Crippen LogP contribution < -0.4 is 10.1 Å². The fourth-order valence-electron chi connectivity index (χ4n) is 2.15. The molecule has 0 fully saturated rings. The molecule has 1 aromatic heterocycles. The second kappa shape index (κ2) is 8.05. The highest BCUT2D eigenvalue weighted by molar-refractivity contribution is 6.30. The first-order valence-electron chi connectivity index (χ1n) is 7.37. The number of imidazole rings is 1. The minimum atomic E-state index is 0.0792. The third-order valence-electron chi connectivity index (χ3n) is 3.27. The van der Waals surface area contributed by atoms with E-state index in [1.165, 1.54) is 0 Å². The normalized spacial score (nSPS) is 12.3. The molecular weight excluding hydrogens is 286 g/mol. The van der Waals surface area contributed by atoms with Gasteiger partial charge in [-0.1, -0.05) is 18.5 Å². The fraction of sp³-hybridized carbons (Fsp3) is 0.438. The molecule has 1 N–H and O–H groups in total. The lowest BCUT2D eigenvalue weighted by molar-refractivity contribution is 0.257. The van der Waals surface area contributed by atoms with Gasteiger partial charge in [0.1, 0.15) is 24.2 Å². The molecule has 0 saturated carbocycles. The van der Waals surface area contributed by atoms with Crippen molar-refractivity contribution < 1.29 is 4.74 Å². The number of hydrogen-bond acceptors (Lipinski definition) is 3. The predicted molar refractivity (Wildman–Crippen MR) is 85.9 cm³/mol. The first kappa shape index (κ1) is 15.9. The van der Waals surface area contributed by atoms with Crippen LogP contribution in [0.4, 0.5) is 0 Å². The molecule has 21 heavy (non-hydrogen) atoms. The maximum Gasteiger partial charge on any atom is 0.129 e. The van der Waals surface area contributed by atoms with Crippen molar-refractivity contribution in [2.75, 3.05) is 13.2 Å². The summed E-state index contributed by atoms with van der Waals surface area (Å²) in [5.74, 6) is 1.83. The summed E-state index contributed by atoms with van der Waals surface area (Å²) in [4.78, 5) is 4.47. The van der Waals surface area contributed by atoms with E-state index in [2.05, 4.69) is 28.7 Å². The van der Waals surface area contributed by atoms with E-state index in [1.54, 1.807) is 0 Å². The van der Waals surface area contributed by atoms with E-state index in [1.807, 2.05) is 36.7 Å². The van der Waals surface area contributed by atoms with E-state index in [0.29, 0.717) is 11.6 Å². The van der Waals surface area contributed by atoms with Gasteiger partial charge in [0.05, 0.1) is 0 Å². The van der Waals surface area contributed by atoms with Crippen LogP contribution >= 0.6 is 11.6 Å². The van der Waals surface area contributed by atoms with Crippen molar-refractivity contribution in [3.05, 3.63) is 47.5 Å². The quantitative estimate of drug-likeness (QED) is 0.808. The summed E-state index contributed by atoms with van der Waals surface area (Å²) in [6.07, 6.45) is 4.91. The van der Waals surface area contributed by atoms with Crippen LogP contribution in [0.1, 0.15) is 32.1 Å². The Morgan fingerprint density at radius 3 is 2.71 bits per heavy atom. The van der Waals surface area contributed by atoms with Gasteiger partial charge in [-0.2, -0.15) is 0 Å². The molecule has 0 aliphatic carbocycles. The average molecular weight is 308 g/mol. The first-order valence-corrected chi connectivity index (χ1v) is 7.75. The molecule has 1 atom stereocenters. The zero-order valence-corrected chi connectivity index (χ0v) is 13.3. The van der Waals surface area contributed by atoms with Crippen molar-refractivity contribution in [2.45, 2.75) is 32.9 Å². The molecular formula is C16H22ClN3O. The van der Waals surface area contributed by atoms with Crippen molar-refractivity contribution in [1.29, 1.82) is 0 Å². The minimum absolute atomic E-state index is 0.0792. The van der Waals surface area contributed by atoms with E-state index in [4.69, 9.17) is 16.3 Å². The van der Waals surface area contributed by atoms with Crippen LogP contribution in [0.3, 0.4) is 0 Å². The standard InChI is InChI=1S/C16H22ClN3O/c1-3-9-18-15(16-19-10-11-20(16)4-2)12-21-14-7-5-13(17)6-8-14/h5-8,10-11,15,18H,3-4,9,12H2,1-2H3. The molecule has 0 bridgehead atoms. The van der Waals surface area contributed by atoms with Gasteiger partial charge >= 0.3 is 0 Å². The number of benzene rings is 1. The number of nitrogens with zero attached hydrogens (tertiary/aromatic N) is 2. The van der Waals surface area contributed by atoms with Gasteiger partial charge in [0, 0.05) is 24.0 Å². The highest BCUT2D eigenvalue weighted by atomic mass is 35.5. The SMILES string of the molecule is CCCNC(COc1ccc(Cl)cc1)c1nccn1CC. The maximum atomic E-state index is 5.88. The van der Waals surface area contributed by atoms with E-state index < -0.39 is 0 Å². The smallest absolute Gasteiger partial charge is 0.129 e. The summed E-state index contributed by atoms with van der Waals surface area (Å²) in [5.41, 5.74) is 0. The van der Waals surface area contributed by atoms with Crippen molar-refractivity contribution >= 4 is 11.6 Å². The van der Waals surface area contributed by atoms with Crippen LogP contribution in [0, 0.1) is 0 Å². The highest BCUT2D eigenvalue weighted by Gasteiger charge is 2.16. The van der Waals surface area contributed by atoms with E-state index in [0.717, 1.165) is 31.1 Å². The predicted octanol–water partition coefficient (Wildman–Crippen LogP) is 3.68. The summed E-state index contributed by atoms with van der Waals surface area (Å²) < 4.78 is 8.01. The summed E-state index contributed by atoms with van der Waals surface area (Å²) in [5, 5.41) is 4.21. The van der Waals surface area contributed by atoms with Gasteiger partial charge in [-0.05, 0) is 44.2 Å². The molecule has 4 nitrogen and oxygen atoms in total. The molecule has 2 aromatic rings. The third kappa shape index (κ3) is 4.48. The lowest BCUT2D eigenvalue weighted by Crippen LogP contribution is -2.30. The van der Waals surface area contributed by atoms with Crippen LogP contribution in [0.15, 0.2) is 36.7 Å². The summed E-state index contributed by atoms with van der Waals surface area (Å²) in [7, 11) is 0. The van der Waals surface area contributed by atoms with Crippen molar-refractivity contribution in [3.8, 4) is 5.75 Å². The summed E-state index contributed by atoms with van der Waals surface area (Å²) in [6.45, 7) is 6.64. The Kier molecular flexibility index (Phi) is 6.08. The van der Waals surface area contributed by atoms with Crippen molar-refractivity contribution in [2.24, 2.45) is 0 Å². The molecule has 1 unspecified atom stereocenters. The number of halogens is 1. The van der Waals surface area contributed by atoms with Crippen molar-refractivity contribution in [3.63, 3.8) is 0 Å². The van der Waals surface area contributed by atoms with Gasteiger partial charge < -0.3 is 14.6 Å². The monoisotopic (exact) mass is 307 g/mol. The highest BCUT2D eigenvalue weighted by Crippen LogP contribution is 2.18. The summed E-state index contributed by atoms with van der Waals surface area (Å²) >= 11 is 5.88. The molecule has 0 amide bonds. The number of aromatic nitrogens is 2. The Morgan fingerprint density at radius 1 is 1.29 bits per heavy atom. The van der Waals surface area contributed by atoms with Crippen LogP contribution in [0.25, 0.3) is 0 Å². The Hall–Kier alpha value is -1.52. The van der Waals surface area contributed by atoms with Gasteiger partial charge in [0.15, 0.2) is 0 Å². The molecule has 5 heteroatoms. The van der Waals surface area contributed by atoms with Crippen LogP contribution in [-0.2, 0) is 6.54 Å². The second-order valence-electron chi connectivity index (χ2n) is 4.84. The van der Waals surface area contributed by atoms with E-state index >= 15 is 0 Å². The Morgan fingerprint density at radius 2 is 2.05 bits per heavy atom. The number of rotatable bonds is 8. The van der Waals surface area contributed by atoms with Crippen LogP contribution in [-0.4, -0.2) is 22.7 Å². The number of nitrogens with one attached hydrogen (secondary N) is 1. The molecule has 114 valence electrons. The largest absolute Gasteiger partial charge is 0.491 e. The van der Waals surface area contributed by atoms with Crippen LogP contribution in [0.2, 0.25) is 5.02 Å². The number of hydrogen-bond donors (Lipinski definition) is 1. The van der Waals surface area contributed by atoms with Gasteiger partial charge in [0.25, 0.3) is 0 Å².